The molecular weight excluding hydrogens is 290 g/mol. The third-order valence-electron chi connectivity index (χ3n) is 4.27. The number of Topliss-reactive ketones (excluding diaryl/α,β-unsaturated/α-hetero) is 1. The zero-order chi connectivity index (χ0) is 15.0. The summed E-state index contributed by atoms with van der Waals surface area (Å²) >= 11 is 0. The van der Waals surface area contributed by atoms with Crippen molar-refractivity contribution in [1.82, 2.24) is 4.31 Å². The van der Waals surface area contributed by atoms with Crippen LogP contribution < -0.4 is 0 Å². The molecule has 0 N–H and O–H groups in total. The largest absolute Gasteiger partial charge is 0.297 e. The molecule has 0 saturated heterocycles. The van der Waals surface area contributed by atoms with E-state index in [1.807, 2.05) is 0 Å². The summed E-state index contributed by atoms with van der Waals surface area (Å²) in [7, 11) is -3.87. The van der Waals surface area contributed by atoms with Crippen LogP contribution in [0.25, 0.3) is 0 Å². The molecule has 1 fully saturated rings. The highest BCUT2D eigenvalue weighted by Gasteiger charge is 2.42. The normalized spacial score (nSPS) is 21.3. The van der Waals surface area contributed by atoms with Gasteiger partial charge >= 0.3 is 0 Å². The fourth-order valence-electron chi connectivity index (χ4n) is 3.08. The molecule has 1 aromatic rings. The highest BCUT2D eigenvalue weighted by atomic mass is 32.2. The highest BCUT2D eigenvalue weighted by Crippen LogP contribution is 2.31. The number of carbonyl (C=O) groups excluding carboxylic acids is 2. The second-order valence-electron chi connectivity index (χ2n) is 5.61. The number of nitrogens with zero attached hydrogens (tertiary/aromatic N) is 1. The molecule has 6 heteroatoms. The number of hydrogen-bond donors (Lipinski definition) is 0. The van der Waals surface area contributed by atoms with Gasteiger partial charge in [0.2, 0.25) is 0 Å². The first-order chi connectivity index (χ1) is 10.0. The van der Waals surface area contributed by atoms with Gasteiger partial charge in [-0.15, -0.1) is 0 Å². The molecular formula is C15H17NO4S. The number of benzene rings is 1. The topological polar surface area (TPSA) is 71.5 Å². The minimum Gasteiger partial charge on any atom is -0.297 e. The van der Waals surface area contributed by atoms with Gasteiger partial charge < -0.3 is 0 Å². The molecule has 2 aliphatic rings. The molecule has 1 saturated carbocycles. The maximum absolute atomic E-state index is 12.4. The van der Waals surface area contributed by atoms with Gasteiger partial charge in [0.05, 0.1) is 12.1 Å². The van der Waals surface area contributed by atoms with Crippen LogP contribution in [0.2, 0.25) is 0 Å². The van der Waals surface area contributed by atoms with E-state index in [1.165, 1.54) is 12.1 Å². The molecule has 1 heterocycles. The molecule has 1 aliphatic carbocycles. The Morgan fingerprint density at radius 1 is 1.14 bits per heavy atom. The monoisotopic (exact) mass is 307 g/mol. The predicted octanol–water partition coefficient (Wildman–Crippen LogP) is 1.98. The molecule has 0 radical (unpaired) electrons. The quantitative estimate of drug-likeness (QED) is 0.856. The van der Waals surface area contributed by atoms with Gasteiger partial charge in [-0.1, -0.05) is 31.4 Å². The van der Waals surface area contributed by atoms with Crippen LogP contribution in [0.15, 0.2) is 29.2 Å². The lowest BCUT2D eigenvalue weighted by atomic mass is 9.86. The first-order valence-corrected chi connectivity index (χ1v) is 8.64. The Hall–Kier alpha value is -1.69. The Kier molecular flexibility index (Phi) is 3.57. The van der Waals surface area contributed by atoms with Crippen molar-refractivity contribution in [2.75, 3.05) is 6.54 Å². The third-order valence-corrected chi connectivity index (χ3v) is 6.06. The Bertz CT molecular complexity index is 689. The summed E-state index contributed by atoms with van der Waals surface area (Å²) in [5, 5.41) is 0. The van der Waals surface area contributed by atoms with Crippen LogP contribution in [0.4, 0.5) is 0 Å². The molecule has 1 aliphatic heterocycles. The summed E-state index contributed by atoms with van der Waals surface area (Å²) in [6.45, 7) is -0.333. The van der Waals surface area contributed by atoms with Gasteiger partial charge in [0.25, 0.3) is 15.9 Å². The van der Waals surface area contributed by atoms with Crippen LogP contribution in [0, 0.1) is 5.92 Å². The molecule has 21 heavy (non-hydrogen) atoms. The summed E-state index contributed by atoms with van der Waals surface area (Å²) in [5.41, 5.74) is 0.161. The van der Waals surface area contributed by atoms with Gasteiger partial charge in [-0.2, -0.15) is 0 Å². The van der Waals surface area contributed by atoms with Crippen molar-refractivity contribution in [1.29, 1.82) is 0 Å². The Morgan fingerprint density at radius 2 is 1.81 bits per heavy atom. The van der Waals surface area contributed by atoms with Crippen LogP contribution >= 0.6 is 0 Å². The van der Waals surface area contributed by atoms with Gasteiger partial charge in [-0.05, 0) is 25.0 Å². The van der Waals surface area contributed by atoms with E-state index < -0.39 is 15.9 Å². The van der Waals surface area contributed by atoms with Gasteiger partial charge in [0.15, 0.2) is 5.78 Å². The highest BCUT2D eigenvalue weighted by molar-refractivity contribution is 7.90. The van der Waals surface area contributed by atoms with Crippen molar-refractivity contribution in [3.8, 4) is 0 Å². The van der Waals surface area contributed by atoms with E-state index in [0.29, 0.717) is 0 Å². The fraction of sp³-hybridized carbons (Fsp3) is 0.467. The number of fused-ring (bicyclic) bond motifs is 1. The second kappa shape index (κ2) is 5.26. The molecule has 3 rings (SSSR count). The van der Waals surface area contributed by atoms with E-state index in [9.17, 15) is 18.0 Å². The number of ketones is 1. The standard InChI is InChI=1S/C15H17NO4S/c17-13(11-6-2-1-3-7-11)10-16-15(18)12-8-4-5-9-14(12)21(16,19)20/h4-5,8-9,11H,1-3,6-7,10H2. The second-order valence-corrected chi connectivity index (χ2v) is 7.44. The van der Waals surface area contributed by atoms with Crippen LogP contribution in [-0.2, 0) is 14.8 Å². The van der Waals surface area contributed by atoms with Gasteiger partial charge in [-0.25, -0.2) is 12.7 Å². The summed E-state index contributed by atoms with van der Waals surface area (Å²) in [5.74, 6) is -0.834. The van der Waals surface area contributed by atoms with Crippen molar-refractivity contribution in [3.63, 3.8) is 0 Å². The molecule has 0 unspecified atom stereocenters. The Balaban J connectivity index is 1.84. The van der Waals surface area contributed by atoms with Gasteiger partial charge in [0.1, 0.15) is 4.90 Å². The first-order valence-electron chi connectivity index (χ1n) is 7.20. The summed E-state index contributed by atoms with van der Waals surface area (Å²) in [4.78, 5) is 24.5. The van der Waals surface area contributed by atoms with Crippen molar-refractivity contribution in [2.24, 2.45) is 5.92 Å². The SMILES string of the molecule is O=C(CN1C(=O)c2ccccc2S1(=O)=O)C1CCCCC1. The molecule has 0 atom stereocenters. The minimum absolute atomic E-state index is 0.00597. The van der Waals surface area contributed by atoms with Gasteiger partial charge in [0, 0.05) is 5.92 Å². The summed E-state index contributed by atoms with van der Waals surface area (Å²) in [6, 6.07) is 6.10. The molecule has 112 valence electrons. The summed E-state index contributed by atoms with van der Waals surface area (Å²) in [6.07, 6.45) is 4.71. The lowest BCUT2D eigenvalue weighted by molar-refractivity contribution is -0.123. The molecule has 1 aromatic carbocycles. The number of hydrogen-bond acceptors (Lipinski definition) is 4. The number of sulfonamides is 1. The molecule has 0 spiro atoms. The zero-order valence-corrected chi connectivity index (χ0v) is 12.4. The molecule has 5 nitrogen and oxygen atoms in total. The van der Waals surface area contributed by atoms with E-state index in [4.69, 9.17) is 0 Å². The number of carbonyl (C=O) groups is 2. The van der Waals surface area contributed by atoms with Crippen molar-refractivity contribution in [2.45, 2.75) is 37.0 Å². The van der Waals surface area contributed by atoms with Crippen molar-refractivity contribution < 1.29 is 18.0 Å². The molecule has 0 aromatic heterocycles. The first kappa shape index (κ1) is 14.3. The van der Waals surface area contributed by atoms with E-state index in [0.717, 1.165) is 36.4 Å². The minimum atomic E-state index is -3.87. The third kappa shape index (κ3) is 2.37. The van der Waals surface area contributed by atoms with Gasteiger partial charge in [-0.3, -0.25) is 9.59 Å². The van der Waals surface area contributed by atoms with Crippen LogP contribution in [0.5, 0.6) is 0 Å². The van der Waals surface area contributed by atoms with Crippen LogP contribution in [0.1, 0.15) is 42.5 Å². The van der Waals surface area contributed by atoms with E-state index in [2.05, 4.69) is 0 Å². The predicted molar refractivity (Wildman–Crippen MR) is 76.2 cm³/mol. The van der Waals surface area contributed by atoms with Crippen molar-refractivity contribution >= 4 is 21.7 Å². The lowest BCUT2D eigenvalue weighted by Crippen LogP contribution is -2.37. The van der Waals surface area contributed by atoms with E-state index in [1.54, 1.807) is 12.1 Å². The maximum Gasteiger partial charge on any atom is 0.269 e. The molecule has 0 bridgehead atoms. The average Bonchev–Trinajstić information content (AvgIpc) is 2.70. The Morgan fingerprint density at radius 3 is 2.48 bits per heavy atom. The smallest absolute Gasteiger partial charge is 0.269 e. The van der Waals surface area contributed by atoms with E-state index in [-0.39, 0.29) is 28.7 Å². The number of amides is 1. The lowest BCUT2D eigenvalue weighted by Gasteiger charge is -2.22. The van der Waals surface area contributed by atoms with E-state index >= 15 is 0 Å². The van der Waals surface area contributed by atoms with Crippen LogP contribution in [-0.4, -0.2) is 31.0 Å². The maximum atomic E-state index is 12.4. The van der Waals surface area contributed by atoms with Crippen molar-refractivity contribution in [3.05, 3.63) is 29.8 Å². The van der Waals surface area contributed by atoms with Crippen LogP contribution in [0.3, 0.4) is 0 Å². The zero-order valence-electron chi connectivity index (χ0n) is 11.6. The Labute approximate surface area is 124 Å². The summed E-state index contributed by atoms with van der Waals surface area (Å²) < 4.78 is 25.5. The fourth-order valence-corrected chi connectivity index (χ4v) is 4.62. The number of rotatable bonds is 3. The average molecular weight is 307 g/mol. The molecule has 1 amide bonds.